The molecule has 0 saturated carbocycles. The molecule has 10 heteroatoms. The maximum absolute atomic E-state index is 11.9. The van der Waals surface area contributed by atoms with E-state index >= 15 is 0 Å². The molecule has 2 aromatic rings. The first-order chi connectivity index (χ1) is 11.2. The predicted molar refractivity (Wildman–Crippen MR) is 87.3 cm³/mol. The number of likely N-dealkylation sites (tertiary alicyclic amines) is 1. The predicted octanol–water partition coefficient (Wildman–Crippen LogP) is 1.76. The van der Waals surface area contributed by atoms with Crippen LogP contribution in [0, 0.1) is 0 Å². The van der Waals surface area contributed by atoms with Crippen LogP contribution in [0.15, 0.2) is 12.1 Å². The van der Waals surface area contributed by atoms with Crippen molar-refractivity contribution in [3.05, 3.63) is 17.3 Å². The number of aromatic nitrogens is 5. The van der Waals surface area contributed by atoms with E-state index in [2.05, 4.69) is 20.4 Å². The number of hydrogen-bond acceptors (Lipinski definition) is 7. The molecular weight excluding hydrogens is 334 g/mol. The summed E-state index contributed by atoms with van der Waals surface area (Å²) >= 11 is 5.87. The van der Waals surface area contributed by atoms with E-state index < -0.39 is 5.60 Å². The molecule has 0 unspecified atom stereocenters. The van der Waals surface area contributed by atoms with Gasteiger partial charge in [-0.3, -0.25) is 0 Å². The molecule has 24 heavy (non-hydrogen) atoms. The number of carbonyl (C=O) groups is 1. The molecule has 0 radical (unpaired) electrons. The summed E-state index contributed by atoms with van der Waals surface area (Å²) in [6.07, 6.45) is -0.347. The first-order valence-corrected chi connectivity index (χ1v) is 7.80. The lowest BCUT2D eigenvalue weighted by molar-refractivity contribution is -0.00243. The Labute approximate surface area is 143 Å². The van der Waals surface area contributed by atoms with Crippen molar-refractivity contribution in [3.63, 3.8) is 0 Å². The van der Waals surface area contributed by atoms with Crippen molar-refractivity contribution in [2.24, 2.45) is 0 Å². The van der Waals surface area contributed by atoms with Crippen molar-refractivity contribution in [2.45, 2.75) is 32.4 Å². The third-order valence-corrected chi connectivity index (χ3v) is 3.58. The molecule has 0 atom stereocenters. The Hall–Kier alpha value is -2.42. The molecule has 0 bridgehead atoms. The van der Waals surface area contributed by atoms with Gasteiger partial charge in [0, 0.05) is 0 Å². The van der Waals surface area contributed by atoms with Crippen molar-refractivity contribution in [3.8, 4) is 11.5 Å². The Morgan fingerprint density at radius 2 is 2.08 bits per heavy atom. The summed E-state index contributed by atoms with van der Waals surface area (Å²) in [6.45, 7) is 6.41. The van der Waals surface area contributed by atoms with Gasteiger partial charge in [-0.1, -0.05) is 11.6 Å². The van der Waals surface area contributed by atoms with Gasteiger partial charge in [0.25, 0.3) is 0 Å². The summed E-state index contributed by atoms with van der Waals surface area (Å²) < 4.78 is 5.31. The maximum Gasteiger partial charge on any atom is 0.410 e. The first-order valence-electron chi connectivity index (χ1n) is 7.43. The summed E-state index contributed by atoms with van der Waals surface area (Å²) in [6, 6.07) is 3.17. The average molecular weight is 352 g/mol. The highest BCUT2D eigenvalue weighted by molar-refractivity contribution is 6.29. The second kappa shape index (κ2) is 5.90. The zero-order valence-corrected chi connectivity index (χ0v) is 14.4. The molecule has 0 aromatic carbocycles. The number of anilines is 1. The van der Waals surface area contributed by atoms with E-state index in [-0.39, 0.29) is 12.1 Å². The number of rotatable bonds is 2. The van der Waals surface area contributed by atoms with Crippen LogP contribution in [0.3, 0.4) is 0 Å². The van der Waals surface area contributed by atoms with Crippen LogP contribution in [-0.2, 0) is 4.74 Å². The Morgan fingerprint density at radius 3 is 2.75 bits per heavy atom. The van der Waals surface area contributed by atoms with Gasteiger partial charge in [-0.25, -0.2) is 9.78 Å². The Balaban J connectivity index is 1.66. The van der Waals surface area contributed by atoms with Gasteiger partial charge in [-0.05, 0) is 38.1 Å². The highest BCUT2D eigenvalue weighted by Crippen LogP contribution is 2.25. The number of halogens is 1. The van der Waals surface area contributed by atoms with Crippen LogP contribution in [0.25, 0.3) is 11.5 Å². The largest absolute Gasteiger partial charge is 0.444 e. The molecule has 128 valence electrons. The second-order valence-electron chi connectivity index (χ2n) is 6.54. The van der Waals surface area contributed by atoms with Crippen LogP contribution in [0.1, 0.15) is 26.8 Å². The SMILES string of the molecule is CC(C)(C)OC(=O)N1CC(n2nnc(-c3nc(Cl)ccc3N)n2)C1. The lowest BCUT2D eigenvalue weighted by Crippen LogP contribution is -2.52. The number of tetrazole rings is 1. The van der Waals surface area contributed by atoms with Crippen LogP contribution in [0.5, 0.6) is 0 Å². The standard InChI is InChI=1S/C14H18ClN7O2/c1-14(2,3)24-13(23)21-6-8(7-21)22-19-12(18-20-22)11-9(16)4-5-10(15)17-11/h4-5,8H,6-7,16H2,1-3H3. The monoisotopic (exact) mass is 351 g/mol. The van der Waals surface area contributed by atoms with Crippen molar-refractivity contribution in [1.82, 2.24) is 30.1 Å². The Morgan fingerprint density at radius 1 is 1.38 bits per heavy atom. The summed E-state index contributed by atoms with van der Waals surface area (Å²) in [5.74, 6) is 0.297. The van der Waals surface area contributed by atoms with Crippen molar-refractivity contribution < 1.29 is 9.53 Å². The average Bonchev–Trinajstić information content (AvgIpc) is 2.87. The molecule has 1 amide bonds. The lowest BCUT2D eigenvalue weighted by Gasteiger charge is -2.38. The molecule has 1 fully saturated rings. The van der Waals surface area contributed by atoms with Crippen LogP contribution < -0.4 is 5.73 Å². The third kappa shape index (κ3) is 3.40. The van der Waals surface area contributed by atoms with Gasteiger partial charge < -0.3 is 15.4 Å². The number of amides is 1. The second-order valence-corrected chi connectivity index (χ2v) is 6.93. The summed E-state index contributed by atoms with van der Waals surface area (Å²) in [5.41, 5.74) is 6.15. The fourth-order valence-corrected chi connectivity index (χ4v) is 2.32. The fraction of sp³-hybridized carbons (Fsp3) is 0.500. The van der Waals surface area contributed by atoms with Crippen molar-refractivity contribution in [1.29, 1.82) is 0 Å². The van der Waals surface area contributed by atoms with Gasteiger partial charge in [0.2, 0.25) is 5.82 Å². The number of nitrogen functional groups attached to an aromatic ring is 1. The van der Waals surface area contributed by atoms with E-state index in [0.717, 1.165) is 0 Å². The molecule has 3 rings (SSSR count). The molecule has 2 aromatic heterocycles. The number of pyridine rings is 1. The number of carbonyl (C=O) groups excluding carboxylic acids is 1. The van der Waals surface area contributed by atoms with E-state index in [1.165, 1.54) is 4.80 Å². The van der Waals surface area contributed by atoms with E-state index in [9.17, 15) is 4.79 Å². The van der Waals surface area contributed by atoms with Gasteiger partial charge in [0.05, 0.1) is 18.8 Å². The fourth-order valence-electron chi connectivity index (χ4n) is 2.18. The minimum Gasteiger partial charge on any atom is -0.444 e. The normalized spacial score (nSPS) is 15.2. The van der Waals surface area contributed by atoms with Crippen LogP contribution in [-0.4, -0.2) is 54.9 Å². The van der Waals surface area contributed by atoms with Crippen LogP contribution in [0.4, 0.5) is 10.5 Å². The van der Waals surface area contributed by atoms with E-state index in [1.807, 2.05) is 20.8 Å². The number of hydrogen-bond donors (Lipinski definition) is 1. The molecule has 9 nitrogen and oxygen atoms in total. The van der Waals surface area contributed by atoms with Crippen LogP contribution >= 0.6 is 11.6 Å². The molecule has 3 heterocycles. The van der Waals surface area contributed by atoms with Gasteiger partial charge in [0.15, 0.2) is 0 Å². The smallest absolute Gasteiger partial charge is 0.410 e. The molecule has 2 N–H and O–H groups in total. The van der Waals surface area contributed by atoms with Crippen LogP contribution in [0.2, 0.25) is 5.15 Å². The van der Waals surface area contributed by atoms with Gasteiger partial charge in [-0.2, -0.15) is 4.80 Å². The first kappa shape index (κ1) is 16.4. The minimum absolute atomic E-state index is 0.0563. The van der Waals surface area contributed by atoms with Gasteiger partial charge in [0.1, 0.15) is 22.5 Å². The summed E-state index contributed by atoms with van der Waals surface area (Å²) in [7, 11) is 0. The molecule has 1 aliphatic heterocycles. The molecular formula is C14H18ClN7O2. The van der Waals surface area contributed by atoms with Gasteiger partial charge in [-0.15, -0.1) is 10.2 Å². The Kier molecular flexibility index (Phi) is 4.04. The van der Waals surface area contributed by atoms with Crippen molar-refractivity contribution >= 4 is 23.4 Å². The quantitative estimate of drug-likeness (QED) is 0.820. The minimum atomic E-state index is -0.517. The number of nitrogens with two attached hydrogens (primary N) is 1. The summed E-state index contributed by atoms with van der Waals surface area (Å²) in [5, 5.41) is 12.6. The molecule has 1 saturated heterocycles. The number of ether oxygens (including phenoxy) is 1. The molecule has 0 aliphatic carbocycles. The molecule has 1 aliphatic rings. The Bertz CT molecular complexity index is 765. The third-order valence-electron chi connectivity index (χ3n) is 3.37. The van der Waals surface area contributed by atoms with E-state index in [1.54, 1.807) is 17.0 Å². The highest BCUT2D eigenvalue weighted by atomic mass is 35.5. The highest BCUT2D eigenvalue weighted by Gasteiger charge is 2.36. The molecule has 0 spiro atoms. The zero-order chi connectivity index (χ0) is 17.5. The van der Waals surface area contributed by atoms with Crippen molar-refractivity contribution in [2.75, 3.05) is 18.8 Å². The number of nitrogens with zero attached hydrogens (tertiary/aromatic N) is 6. The topological polar surface area (TPSA) is 112 Å². The van der Waals surface area contributed by atoms with E-state index in [0.29, 0.717) is 35.4 Å². The van der Waals surface area contributed by atoms with E-state index in [4.69, 9.17) is 22.1 Å². The summed E-state index contributed by atoms with van der Waals surface area (Å²) in [4.78, 5) is 19.1. The maximum atomic E-state index is 11.9. The van der Waals surface area contributed by atoms with Gasteiger partial charge >= 0.3 is 6.09 Å². The lowest BCUT2D eigenvalue weighted by atomic mass is 10.1. The zero-order valence-electron chi connectivity index (χ0n) is 13.6.